The molecule has 2 N–H and O–H groups in total. The molecule has 2 fully saturated rings. The number of imidazole rings is 1. The van der Waals surface area contributed by atoms with Gasteiger partial charge in [-0.2, -0.15) is 0 Å². The van der Waals surface area contributed by atoms with Crippen LogP contribution in [-0.4, -0.2) is 57.4 Å². The van der Waals surface area contributed by atoms with Crippen molar-refractivity contribution in [2.75, 3.05) is 25.5 Å². The van der Waals surface area contributed by atoms with Crippen molar-refractivity contribution in [1.82, 2.24) is 30.2 Å². The first kappa shape index (κ1) is 18.7. The number of aromatic nitrogens is 4. The van der Waals surface area contributed by atoms with E-state index in [1.165, 1.54) is 0 Å². The summed E-state index contributed by atoms with van der Waals surface area (Å²) in [5.41, 5.74) is 6.03. The van der Waals surface area contributed by atoms with Crippen LogP contribution in [0.25, 0.3) is 17.2 Å². The number of aromatic amines is 1. The van der Waals surface area contributed by atoms with Crippen LogP contribution in [-0.2, 0) is 6.54 Å². The minimum atomic E-state index is -0.347. The van der Waals surface area contributed by atoms with Crippen molar-refractivity contribution in [1.29, 1.82) is 0 Å². The van der Waals surface area contributed by atoms with Crippen LogP contribution in [0.3, 0.4) is 0 Å². The van der Waals surface area contributed by atoms with Gasteiger partial charge in [-0.1, -0.05) is 6.08 Å². The number of hydrogen-bond acceptors (Lipinski definition) is 7. The number of allylic oxidation sites excluding steroid dienone is 2. The zero-order valence-electron chi connectivity index (χ0n) is 18.2. The van der Waals surface area contributed by atoms with Gasteiger partial charge in [-0.3, -0.25) is 9.98 Å². The van der Waals surface area contributed by atoms with Gasteiger partial charge < -0.3 is 20.1 Å². The van der Waals surface area contributed by atoms with Crippen molar-refractivity contribution >= 4 is 17.6 Å². The number of pyridine rings is 2. The molecule has 9 heteroatoms. The van der Waals surface area contributed by atoms with E-state index in [-0.39, 0.29) is 18.0 Å². The average Bonchev–Trinajstić information content (AvgIpc) is 3.70. The number of H-pyrrole nitrogens is 1. The van der Waals surface area contributed by atoms with Crippen LogP contribution in [0, 0.1) is 5.82 Å². The lowest BCUT2D eigenvalue weighted by atomic mass is 10.0. The van der Waals surface area contributed by atoms with Crippen LogP contribution < -0.4 is 10.2 Å². The van der Waals surface area contributed by atoms with E-state index in [9.17, 15) is 0 Å². The maximum Gasteiger partial charge on any atom is 0.157 e. The summed E-state index contributed by atoms with van der Waals surface area (Å²) < 4.78 is 16.1. The summed E-state index contributed by atoms with van der Waals surface area (Å²) in [5.74, 6) is 0.848. The van der Waals surface area contributed by atoms with Gasteiger partial charge in [-0.05, 0) is 37.9 Å². The van der Waals surface area contributed by atoms with Crippen LogP contribution >= 0.6 is 0 Å². The molecule has 2 saturated heterocycles. The Morgan fingerprint density at radius 2 is 2.15 bits per heavy atom. The van der Waals surface area contributed by atoms with Gasteiger partial charge in [0.05, 0.1) is 23.5 Å². The number of nitrogens with zero attached hydrogens (tertiary/aromatic N) is 6. The first-order valence-electron chi connectivity index (χ1n) is 10.9. The normalized spacial score (nSPS) is 21.3. The number of aliphatic imine (C=N–C) groups is 1. The third-order valence-corrected chi connectivity index (χ3v) is 6.32. The molecule has 0 saturated carbocycles. The van der Waals surface area contributed by atoms with Gasteiger partial charge in [-0.25, -0.2) is 14.4 Å². The second-order valence-corrected chi connectivity index (χ2v) is 9.06. The summed E-state index contributed by atoms with van der Waals surface area (Å²) in [6.45, 7) is 1.46. The summed E-state index contributed by atoms with van der Waals surface area (Å²) >= 11 is 0. The third kappa shape index (κ3) is 2.92. The van der Waals surface area contributed by atoms with Gasteiger partial charge in [0.2, 0.25) is 0 Å². The van der Waals surface area contributed by atoms with Crippen LogP contribution in [0.4, 0.5) is 10.2 Å². The Kier molecular flexibility index (Phi) is 3.73. The molecular formula is C24H21FN8. The zero-order valence-corrected chi connectivity index (χ0v) is 18.2. The van der Waals surface area contributed by atoms with Gasteiger partial charge in [0.1, 0.15) is 29.6 Å². The quantitative estimate of drug-likeness (QED) is 0.606. The molecule has 0 spiro atoms. The van der Waals surface area contributed by atoms with Gasteiger partial charge in [0.15, 0.2) is 5.82 Å². The van der Waals surface area contributed by atoms with Gasteiger partial charge in [0.25, 0.3) is 0 Å². The molecule has 0 amide bonds. The number of fused-ring (bicyclic) bond motifs is 6. The van der Waals surface area contributed by atoms with Crippen molar-refractivity contribution in [2.24, 2.45) is 4.99 Å². The first-order chi connectivity index (χ1) is 16.1. The standard InChI is InChI=1S/C24H21FN8/c1-32(2)10-12-6-13(8-26-7-12)14-9-27-24-18(19(14)25)22(30-17-11-33(17)24)23-29-16-5-3-4-15-20(28-15)21(16)31-23/h3-9,17,20,28H,10-11H2,1-2H3,(H,29,31). The molecule has 2 unspecified atom stereocenters. The van der Waals surface area contributed by atoms with Crippen molar-refractivity contribution < 1.29 is 4.39 Å². The van der Waals surface area contributed by atoms with Gasteiger partial charge in [-0.15, -0.1) is 0 Å². The highest BCUT2D eigenvalue weighted by atomic mass is 19.1. The molecule has 164 valence electrons. The molecule has 3 aromatic rings. The van der Waals surface area contributed by atoms with Crippen LogP contribution in [0.2, 0.25) is 0 Å². The molecule has 0 aromatic carbocycles. The zero-order chi connectivity index (χ0) is 22.3. The van der Waals surface area contributed by atoms with Gasteiger partial charge in [0, 0.05) is 42.0 Å². The van der Waals surface area contributed by atoms with Crippen molar-refractivity contribution in [3.05, 3.63) is 76.7 Å². The smallest absolute Gasteiger partial charge is 0.157 e. The number of rotatable bonds is 4. The minimum absolute atomic E-state index is 0.00899. The lowest BCUT2D eigenvalue weighted by molar-refractivity contribution is 0.402. The van der Waals surface area contributed by atoms with Crippen molar-refractivity contribution in [2.45, 2.75) is 18.8 Å². The second kappa shape index (κ2) is 6.58. The summed E-state index contributed by atoms with van der Waals surface area (Å²) in [4.78, 5) is 26.0. The summed E-state index contributed by atoms with van der Waals surface area (Å²) in [7, 11) is 3.99. The maximum absolute atomic E-state index is 16.1. The largest absolute Gasteiger partial charge is 0.373 e. The fraction of sp³-hybridized carbons (Fsp3) is 0.250. The van der Waals surface area contributed by atoms with E-state index in [0.717, 1.165) is 35.7 Å². The van der Waals surface area contributed by atoms with Crippen molar-refractivity contribution in [3.8, 4) is 11.1 Å². The fourth-order valence-corrected chi connectivity index (χ4v) is 4.65. The van der Waals surface area contributed by atoms with E-state index >= 15 is 4.39 Å². The molecule has 1 aliphatic carbocycles. The van der Waals surface area contributed by atoms with Crippen LogP contribution in [0.15, 0.2) is 47.5 Å². The van der Waals surface area contributed by atoms with Crippen molar-refractivity contribution in [3.63, 3.8) is 0 Å². The van der Waals surface area contributed by atoms with E-state index in [1.54, 1.807) is 18.6 Å². The predicted octanol–water partition coefficient (Wildman–Crippen LogP) is 2.62. The van der Waals surface area contributed by atoms with E-state index in [2.05, 4.69) is 25.2 Å². The third-order valence-electron chi connectivity index (χ3n) is 6.32. The molecule has 3 aromatic heterocycles. The monoisotopic (exact) mass is 440 g/mol. The number of hydrogen-bond donors (Lipinski definition) is 2. The van der Waals surface area contributed by atoms with E-state index in [1.807, 2.05) is 43.3 Å². The van der Waals surface area contributed by atoms with E-state index in [4.69, 9.17) is 9.98 Å². The minimum Gasteiger partial charge on any atom is -0.373 e. The molecule has 8 nitrogen and oxygen atoms in total. The Labute approximate surface area is 189 Å². The SMILES string of the molecule is CN(C)Cc1cncc(-c2cnc3c(c2F)C(c2nc4c([nH]2)C2NC2=CC=C4)=NC2CN32)c1. The highest BCUT2D eigenvalue weighted by molar-refractivity contribution is 6.16. The summed E-state index contributed by atoms with van der Waals surface area (Å²) in [5, 5.41) is 3.33. The van der Waals surface area contributed by atoms with E-state index in [0.29, 0.717) is 34.0 Å². The Hall–Kier alpha value is -3.85. The first-order valence-corrected chi connectivity index (χ1v) is 10.9. The Morgan fingerprint density at radius 1 is 1.24 bits per heavy atom. The fourth-order valence-electron chi connectivity index (χ4n) is 4.65. The van der Waals surface area contributed by atoms with Gasteiger partial charge >= 0.3 is 0 Å². The van der Waals surface area contributed by atoms with E-state index < -0.39 is 0 Å². The highest BCUT2D eigenvalue weighted by Crippen LogP contribution is 2.41. The molecule has 0 radical (unpaired) electrons. The Morgan fingerprint density at radius 3 is 3.03 bits per heavy atom. The van der Waals surface area contributed by atoms with Crippen LogP contribution in [0.1, 0.15) is 34.4 Å². The lowest BCUT2D eigenvalue weighted by Gasteiger charge is -2.19. The molecule has 3 aliphatic heterocycles. The lowest BCUT2D eigenvalue weighted by Crippen LogP contribution is -2.20. The predicted molar refractivity (Wildman–Crippen MR) is 123 cm³/mol. The topological polar surface area (TPSA) is 95.0 Å². The molecule has 4 aliphatic rings. The molecule has 0 bridgehead atoms. The highest BCUT2D eigenvalue weighted by Gasteiger charge is 2.44. The molecule has 33 heavy (non-hydrogen) atoms. The summed E-state index contributed by atoms with van der Waals surface area (Å²) in [6.07, 6.45) is 11.1. The number of anilines is 1. The summed E-state index contributed by atoms with van der Waals surface area (Å²) in [6, 6.07) is 2.10. The average molecular weight is 440 g/mol. The molecular weight excluding hydrogens is 419 g/mol. The molecule has 2 atom stereocenters. The maximum atomic E-state index is 16.1. The second-order valence-electron chi connectivity index (χ2n) is 9.06. The Bertz CT molecular complexity index is 1420. The van der Waals surface area contributed by atoms with Crippen LogP contribution in [0.5, 0.6) is 0 Å². The molecule has 7 rings (SSSR count). The number of halogens is 1. The molecule has 6 heterocycles. The number of nitrogens with one attached hydrogen (secondary N) is 2. The Balaban J connectivity index is 1.34.